The quantitative estimate of drug-likeness (QED) is 0.907. The van der Waals surface area contributed by atoms with Crippen molar-refractivity contribution in [1.82, 2.24) is 9.88 Å². The fourth-order valence-electron chi connectivity index (χ4n) is 3.57. The van der Waals surface area contributed by atoms with Gasteiger partial charge in [0.15, 0.2) is 0 Å². The Morgan fingerprint density at radius 1 is 1.24 bits per heavy atom. The lowest BCUT2D eigenvalue weighted by Crippen LogP contribution is -2.39. The molecule has 0 spiro atoms. The van der Waals surface area contributed by atoms with Gasteiger partial charge in [-0.25, -0.2) is 0 Å². The average molecular weight is 339 g/mol. The minimum atomic E-state index is -0.750. The van der Waals surface area contributed by atoms with Gasteiger partial charge in [-0.05, 0) is 49.6 Å². The van der Waals surface area contributed by atoms with E-state index < -0.39 is 12.0 Å². The molecule has 2 heterocycles. The molecule has 1 fully saturated rings. The highest BCUT2D eigenvalue weighted by Gasteiger charge is 2.37. The Balaban J connectivity index is 2.04. The number of benzene rings is 1. The van der Waals surface area contributed by atoms with E-state index in [0.717, 1.165) is 35.6 Å². The maximum Gasteiger partial charge on any atom is 0.320 e. The van der Waals surface area contributed by atoms with Gasteiger partial charge >= 0.3 is 5.97 Å². The van der Waals surface area contributed by atoms with Crippen molar-refractivity contribution in [2.75, 3.05) is 25.5 Å². The van der Waals surface area contributed by atoms with Crippen molar-refractivity contribution in [3.05, 3.63) is 59.4 Å². The predicted octanol–water partition coefficient (Wildman–Crippen LogP) is 3.09. The third-order valence-corrected chi connectivity index (χ3v) is 4.83. The van der Waals surface area contributed by atoms with Crippen LogP contribution in [0.3, 0.4) is 0 Å². The van der Waals surface area contributed by atoms with E-state index in [4.69, 9.17) is 4.98 Å². The highest BCUT2D eigenvalue weighted by Crippen LogP contribution is 2.34. The smallest absolute Gasteiger partial charge is 0.320 e. The van der Waals surface area contributed by atoms with Crippen LogP contribution in [0.5, 0.6) is 0 Å². The van der Waals surface area contributed by atoms with Crippen LogP contribution in [-0.2, 0) is 4.79 Å². The third kappa shape index (κ3) is 3.66. The molecule has 1 N–H and O–H groups in total. The molecule has 1 saturated heterocycles. The van der Waals surface area contributed by atoms with Crippen LogP contribution in [-0.4, -0.2) is 47.6 Å². The molecule has 0 radical (unpaired) electrons. The molecular formula is C20H25N3O2. The largest absolute Gasteiger partial charge is 0.480 e. The first-order valence-corrected chi connectivity index (χ1v) is 8.67. The standard InChI is InChI=1S/C20H25N3O2/c1-14-6-4-7-17(21-14)19(23-13-5-8-18(23)20(24)25)15-9-11-16(12-10-15)22(2)3/h4,6-7,9-12,18-19H,5,8,13H2,1-3H3,(H,24,25). The van der Waals surface area contributed by atoms with Gasteiger partial charge in [0.25, 0.3) is 0 Å². The van der Waals surface area contributed by atoms with Crippen molar-refractivity contribution in [3.63, 3.8) is 0 Å². The van der Waals surface area contributed by atoms with Gasteiger partial charge in [0.05, 0.1) is 11.7 Å². The van der Waals surface area contributed by atoms with Crippen molar-refractivity contribution < 1.29 is 9.90 Å². The fraction of sp³-hybridized carbons (Fsp3) is 0.400. The Bertz CT molecular complexity index is 743. The molecule has 2 atom stereocenters. The Hall–Kier alpha value is -2.40. The summed E-state index contributed by atoms with van der Waals surface area (Å²) in [6.07, 6.45) is 1.59. The molecule has 1 aliphatic heterocycles. The molecule has 0 amide bonds. The second kappa shape index (κ2) is 7.23. The Kier molecular flexibility index (Phi) is 5.04. The first-order chi connectivity index (χ1) is 12.0. The van der Waals surface area contributed by atoms with E-state index in [-0.39, 0.29) is 6.04 Å². The average Bonchev–Trinajstić information content (AvgIpc) is 3.05. The van der Waals surface area contributed by atoms with Gasteiger partial charge in [-0.3, -0.25) is 14.7 Å². The van der Waals surface area contributed by atoms with E-state index >= 15 is 0 Å². The van der Waals surface area contributed by atoms with E-state index in [1.54, 1.807) is 0 Å². The number of pyridine rings is 1. The molecule has 1 aliphatic rings. The van der Waals surface area contributed by atoms with Crippen LogP contribution in [0, 0.1) is 6.92 Å². The summed E-state index contributed by atoms with van der Waals surface area (Å²) in [7, 11) is 4.02. The van der Waals surface area contributed by atoms with Gasteiger partial charge in [0.2, 0.25) is 0 Å². The lowest BCUT2D eigenvalue weighted by atomic mass is 9.99. The summed E-state index contributed by atoms with van der Waals surface area (Å²) in [6, 6.07) is 13.7. The first-order valence-electron chi connectivity index (χ1n) is 8.67. The maximum atomic E-state index is 11.7. The normalized spacial score (nSPS) is 18.9. The highest BCUT2D eigenvalue weighted by atomic mass is 16.4. The lowest BCUT2D eigenvalue weighted by molar-refractivity contribution is -0.142. The van der Waals surface area contributed by atoms with Crippen LogP contribution in [0.25, 0.3) is 0 Å². The van der Waals surface area contributed by atoms with Gasteiger partial charge in [0.1, 0.15) is 6.04 Å². The molecule has 1 aromatic heterocycles. The summed E-state index contributed by atoms with van der Waals surface area (Å²) in [5, 5.41) is 9.63. The molecule has 2 unspecified atom stereocenters. The number of hydrogen-bond acceptors (Lipinski definition) is 4. The summed E-state index contributed by atoms with van der Waals surface area (Å²) in [6.45, 7) is 2.74. The van der Waals surface area contributed by atoms with Crippen molar-refractivity contribution in [2.24, 2.45) is 0 Å². The monoisotopic (exact) mass is 339 g/mol. The molecule has 0 aliphatic carbocycles. The van der Waals surface area contributed by atoms with Crippen molar-refractivity contribution in [1.29, 1.82) is 0 Å². The molecular weight excluding hydrogens is 314 g/mol. The van der Waals surface area contributed by atoms with Gasteiger partial charge in [-0.15, -0.1) is 0 Å². The third-order valence-electron chi connectivity index (χ3n) is 4.83. The summed E-state index contributed by atoms with van der Waals surface area (Å²) >= 11 is 0. The Labute approximate surface area is 148 Å². The molecule has 25 heavy (non-hydrogen) atoms. The van der Waals surface area contributed by atoms with Gasteiger partial charge in [-0.1, -0.05) is 18.2 Å². The zero-order valence-electron chi connectivity index (χ0n) is 15.0. The zero-order valence-corrected chi connectivity index (χ0v) is 15.0. The van der Waals surface area contributed by atoms with Crippen LogP contribution in [0.1, 0.15) is 35.8 Å². The van der Waals surface area contributed by atoms with Crippen molar-refractivity contribution in [3.8, 4) is 0 Å². The second-order valence-electron chi connectivity index (χ2n) is 6.83. The molecule has 0 bridgehead atoms. The lowest BCUT2D eigenvalue weighted by Gasteiger charge is -2.31. The highest BCUT2D eigenvalue weighted by molar-refractivity contribution is 5.74. The molecule has 1 aromatic carbocycles. The van der Waals surface area contributed by atoms with E-state index in [1.807, 2.05) is 39.2 Å². The van der Waals surface area contributed by atoms with Crippen LogP contribution in [0.15, 0.2) is 42.5 Å². The molecule has 0 saturated carbocycles. The molecule has 5 heteroatoms. The van der Waals surface area contributed by atoms with Crippen LogP contribution < -0.4 is 4.90 Å². The van der Waals surface area contributed by atoms with Gasteiger partial charge in [-0.2, -0.15) is 0 Å². The van der Waals surface area contributed by atoms with Crippen molar-refractivity contribution in [2.45, 2.75) is 31.8 Å². The topological polar surface area (TPSA) is 56.7 Å². The van der Waals surface area contributed by atoms with Gasteiger partial charge < -0.3 is 10.0 Å². The first kappa shape index (κ1) is 17.4. The molecule has 2 aromatic rings. The van der Waals surface area contributed by atoms with Crippen LogP contribution in [0.4, 0.5) is 5.69 Å². The number of aryl methyl sites for hydroxylation is 1. The number of carbonyl (C=O) groups is 1. The molecule has 3 rings (SSSR count). The Morgan fingerprint density at radius 2 is 1.96 bits per heavy atom. The minimum Gasteiger partial charge on any atom is -0.480 e. The fourth-order valence-corrected chi connectivity index (χ4v) is 3.57. The van der Waals surface area contributed by atoms with E-state index in [0.29, 0.717) is 6.42 Å². The zero-order chi connectivity index (χ0) is 18.0. The summed E-state index contributed by atoms with van der Waals surface area (Å²) in [4.78, 5) is 20.6. The number of carboxylic acids is 1. The van der Waals surface area contributed by atoms with E-state index in [9.17, 15) is 9.90 Å². The molecule has 5 nitrogen and oxygen atoms in total. The van der Waals surface area contributed by atoms with Crippen LogP contribution >= 0.6 is 0 Å². The number of likely N-dealkylation sites (tertiary alicyclic amines) is 1. The number of nitrogens with zero attached hydrogens (tertiary/aromatic N) is 3. The Morgan fingerprint density at radius 3 is 2.56 bits per heavy atom. The summed E-state index contributed by atoms with van der Waals surface area (Å²) in [5.74, 6) is -0.750. The summed E-state index contributed by atoms with van der Waals surface area (Å²) in [5.41, 5.74) is 4.05. The second-order valence-corrected chi connectivity index (χ2v) is 6.83. The predicted molar refractivity (Wildman–Crippen MR) is 98.9 cm³/mol. The van der Waals surface area contributed by atoms with Crippen LogP contribution in [0.2, 0.25) is 0 Å². The number of carboxylic acid groups (broad SMARTS) is 1. The van der Waals surface area contributed by atoms with Crippen molar-refractivity contribution >= 4 is 11.7 Å². The van der Waals surface area contributed by atoms with E-state index in [1.165, 1.54) is 0 Å². The maximum absolute atomic E-state index is 11.7. The number of aliphatic carboxylic acids is 1. The number of rotatable bonds is 5. The minimum absolute atomic E-state index is 0.139. The summed E-state index contributed by atoms with van der Waals surface area (Å²) < 4.78 is 0. The SMILES string of the molecule is Cc1cccc(C(c2ccc(N(C)C)cc2)N2CCCC2C(=O)O)n1. The number of hydrogen-bond donors (Lipinski definition) is 1. The molecule has 132 valence electrons. The number of anilines is 1. The number of aromatic nitrogens is 1. The van der Waals surface area contributed by atoms with E-state index in [2.05, 4.69) is 34.1 Å². The van der Waals surface area contributed by atoms with Gasteiger partial charge in [0, 0.05) is 32.0 Å².